The van der Waals surface area contributed by atoms with E-state index in [2.05, 4.69) is 30.3 Å². The fourth-order valence-electron chi connectivity index (χ4n) is 3.63. The molecule has 1 saturated carbocycles. The summed E-state index contributed by atoms with van der Waals surface area (Å²) in [7, 11) is 0. The van der Waals surface area contributed by atoms with E-state index in [0.29, 0.717) is 0 Å². The van der Waals surface area contributed by atoms with Gasteiger partial charge in [0.25, 0.3) is 0 Å². The van der Waals surface area contributed by atoms with Gasteiger partial charge in [0.2, 0.25) is 0 Å². The molecule has 0 amide bonds. The van der Waals surface area contributed by atoms with Crippen LogP contribution in [-0.4, -0.2) is 5.11 Å². The third kappa shape index (κ3) is 2.38. The highest BCUT2D eigenvalue weighted by atomic mass is 16.3. The van der Waals surface area contributed by atoms with Crippen molar-refractivity contribution < 1.29 is 5.11 Å². The van der Waals surface area contributed by atoms with Crippen molar-refractivity contribution in [2.24, 2.45) is 0 Å². The molecule has 1 nitrogen and oxygen atoms in total. The third-order valence-corrected chi connectivity index (χ3v) is 4.73. The van der Waals surface area contributed by atoms with Gasteiger partial charge in [-0.3, -0.25) is 0 Å². The van der Waals surface area contributed by atoms with Crippen LogP contribution in [0, 0.1) is 0 Å². The lowest BCUT2D eigenvalue weighted by atomic mass is 9.64. The zero-order valence-corrected chi connectivity index (χ0v) is 11.8. The van der Waals surface area contributed by atoms with E-state index in [1.807, 2.05) is 30.3 Å². The van der Waals surface area contributed by atoms with Crippen LogP contribution in [-0.2, 0) is 5.41 Å². The van der Waals surface area contributed by atoms with Gasteiger partial charge in [-0.25, -0.2) is 0 Å². The van der Waals surface area contributed by atoms with Crippen LogP contribution in [0.5, 0.6) is 0 Å². The zero-order valence-electron chi connectivity index (χ0n) is 11.8. The summed E-state index contributed by atoms with van der Waals surface area (Å²) in [5.74, 6) is 0. The monoisotopic (exact) mass is 266 g/mol. The summed E-state index contributed by atoms with van der Waals surface area (Å²) in [6.07, 6.45) is 5.44. The van der Waals surface area contributed by atoms with Crippen molar-refractivity contribution in [1.82, 2.24) is 0 Å². The van der Waals surface area contributed by atoms with Crippen molar-refractivity contribution in [3.63, 3.8) is 0 Å². The molecule has 1 unspecified atom stereocenters. The Hall–Kier alpha value is -1.60. The summed E-state index contributed by atoms with van der Waals surface area (Å²) in [5, 5.41) is 11.0. The molecule has 1 heteroatoms. The molecule has 2 aromatic carbocycles. The van der Waals surface area contributed by atoms with Gasteiger partial charge in [-0.05, 0) is 24.0 Å². The Morgan fingerprint density at radius 3 is 1.90 bits per heavy atom. The quantitative estimate of drug-likeness (QED) is 0.859. The Bertz CT molecular complexity index is 526. The van der Waals surface area contributed by atoms with Crippen LogP contribution >= 0.6 is 0 Å². The molecule has 0 aromatic heterocycles. The first-order chi connectivity index (χ1) is 9.83. The molecule has 1 N–H and O–H groups in total. The second-order valence-electron chi connectivity index (χ2n) is 5.90. The van der Waals surface area contributed by atoms with Gasteiger partial charge in [-0.1, -0.05) is 79.9 Å². The highest BCUT2D eigenvalue weighted by Crippen LogP contribution is 2.48. The van der Waals surface area contributed by atoms with Gasteiger partial charge in [0.05, 0.1) is 6.10 Å². The largest absolute Gasteiger partial charge is 0.387 e. The summed E-state index contributed by atoms with van der Waals surface area (Å²) in [6, 6.07) is 20.7. The molecule has 0 heterocycles. The molecule has 1 aliphatic carbocycles. The van der Waals surface area contributed by atoms with Crippen LogP contribution in [0.2, 0.25) is 0 Å². The third-order valence-electron chi connectivity index (χ3n) is 4.73. The van der Waals surface area contributed by atoms with Crippen LogP contribution in [0.1, 0.15) is 49.3 Å². The fourth-order valence-corrected chi connectivity index (χ4v) is 3.63. The molecule has 20 heavy (non-hydrogen) atoms. The first-order valence-electron chi connectivity index (χ1n) is 7.61. The van der Waals surface area contributed by atoms with Gasteiger partial charge >= 0.3 is 0 Å². The number of rotatable bonds is 3. The average Bonchev–Trinajstić information content (AvgIpc) is 2.56. The van der Waals surface area contributed by atoms with E-state index in [1.54, 1.807) is 0 Å². The molecule has 2 aromatic rings. The molecule has 1 atom stereocenters. The van der Waals surface area contributed by atoms with E-state index in [4.69, 9.17) is 0 Å². The fraction of sp³-hybridized carbons (Fsp3) is 0.368. The lowest BCUT2D eigenvalue weighted by molar-refractivity contribution is 0.0528. The van der Waals surface area contributed by atoms with E-state index in [-0.39, 0.29) is 5.41 Å². The van der Waals surface area contributed by atoms with Crippen molar-refractivity contribution in [2.75, 3.05) is 0 Å². The van der Waals surface area contributed by atoms with E-state index in [0.717, 1.165) is 18.4 Å². The van der Waals surface area contributed by atoms with Gasteiger partial charge in [0.1, 0.15) is 0 Å². The van der Waals surface area contributed by atoms with Crippen molar-refractivity contribution in [1.29, 1.82) is 0 Å². The first kappa shape index (κ1) is 13.4. The molecule has 1 aliphatic rings. The van der Waals surface area contributed by atoms with Crippen LogP contribution in [0.15, 0.2) is 60.7 Å². The number of benzene rings is 2. The van der Waals surface area contributed by atoms with Crippen molar-refractivity contribution in [2.45, 2.75) is 43.6 Å². The summed E-state index contributed by atoms with van der Waals surface area (Å²) in [4.78, 5) is 0. The van der Waals surface area contributed by atoms with Crippen LogP contribution in [0.25, 0.3) is 0 Å². The molecule has 0 spiro atoms. The second kappa shape index (κ2) is 5.80. The van der Waals surface area contributed by atoms with Gasteiger partial charge in [0, 0.05) is 5.41 Å². The van der Waals surface area contributed by atoms with E-state index < -0.39 is 6.10 Å². The summed E-state index contributed by atoms with van der Waals surface area (Å²) in [6.45, 7) is 0. The highest BCUT2D eigenvalue weighted by Gasteiger charge is 2.41. The number of aliphatic hydroxyl groups excluding tert-OH is 1. The Labute approximate surface area is 121 Å². The highest BCUT2D eigenvalue weighted by molar-refractivity contribution is 5.32. The summed E-state index contributed by atoms with van der Waals surface area (Å²) >= 11 is 0. The lowest BCUT2D eigenvalue weighted by Crippen LogP contribution is -2.36. The standard InChI is InChI=1S/C19H22O/c20-18(16-10-4-1-5-11-16)19(14-8-3-9-15-19)17-12-6-2-7-13-17/h1-2,4-7,10-13,18,20H,3,8-9,14-15H2. The minimum Gasteiger partial charge on any atom is -0.387 e. The average molecular weight is 266 g/mol. The van der Waals surface area contributed by atoms with Gasteiger partial charge in [0.15, 0.2) is 0 Å². The maximum atomic E-state index is 11.0. The number of hydrogen-bond donors (Lipinski definition) is 1. The maximum Gasteiger partial charge on any atom is 0.0886 e. The predicted octanol–water partition coefficient (Wildman–Crippen LogP) is 4.62. The van der Waals surface area contributed by atoms with Crippen LogP contribution < -0.4 is 0 Å². The van der Waals surface area contributed by atoms with Gasteiger partial charge in [-0.15, -0.1) is 0 Å². The Balaban J connectivity index is 2.02. The second-order valence-corrected chi connectivity index (χ2v) is 5.90. The molecule has 0 aliphatic heterocycles. The summed E-state index contributed by atoms with van der Waals surface area (Å²) < 4.78 is 0. The van der Waals surface area contributed by atoms with Gasteiger partial charge < -0.3 is 5.11 Å². The number of aliphatic hydroxyl groups is 1. The molecule has 1 fully saturated rings. The van der Waals surface area contributed by atoms with Crippen LogP contribution in [0.3, 0.4) is 0 Å². The zero-order chi connectivity index (χ0) is 13.8. The SMILES string of the molecule is OC(c1ccccc1)C1(c2ccccc2)CCCCC1. The Kier molecular flexibility index (Phi) is 3.88. The van der Waals surface area contributed by atoms with E-state index >= 15 is 0 Å². The molecular weight excluding hydrogens is 244 g/mol. The van der Waals surface area contributed by atoms with Crippen molar-refractivity contribution in [3.05, 3.63) is 71.8 Å². The summed E-state index contributed by atoms with van der Waals surface area (Å²) in [5.41, 5.74) is 2.22. The molecule has 104 valence electrons. The smallest absolute Gasteiger partial charge is 0.0886 e. The Morgan fingerprint density at radius 1 is 0.750 bits per heavy atom. The Morgan fingerprint density at radius 2 is 1.30 bits per heavy atom. The molecule has 0 bridgehead atoms. The van der Waals surface area contributed by atoms with Crippen molar-refractivity contribution in [3.8, 4) is 0 Å². The maximum absolute atomic E-state index is 11.0. The van der Waals surface area contributed by atoms with Crippen molar-refractivity contribution >= 4 is 0 Å². The molecule has 0 radical (unpaired) electrons. The van der Waals surface area contributed by atoms with Crippen LogP contribution in [0.4, 0.5) is 0 Å². The van der Waals surface area contributed by atoms with E-state index in [1.165, 1.54) is 24.8 Å². The normalized spacial score (nSPS) is 19.4. The van der Waals surface area contributed by atoms with E-state index in [9.17, 15) is 5.11 Å². The minimum atomic E-state index is -0.411. The number of hydrogen-bond acceptors (Lipinski definition) is 1. The minimum absolute atomic E-state index is 0.110. The molecule has 3 rings (SSSR count). The first-order valence-corrected chi connectivity index (χ1v) is 7.61. The molecule has 0 saturated heterocycles. The van der Waals surface area contributed by atoms with Gasteiger partial charge in [-0.2, -0.15) is 0 Å². The molecular formula is C19H22O. The lowest BCUT2D eigenvalue weighted by Gasteiger charge is -2.42. The topological polar surface area (TPSA) is 20.2 Å². The predicted molar refractivity (Wildman–Crippen MR) is 82.6 cm³/mol.